The first kappa shape index (κ1) is 27.1. The second-order valence-electron chi connectivity index (χ2n) is 10.3. The molecule has 0 bridgehead atoms. The van der Waals surface area contributed by atoms with E-state index in [1.54, 1.807) is 16.7 Å². The van der Waals surface area contributed by atoms with Crippen LogP contribution in [0.4, 0.5) is 15.8 Å². The molecule has 0 saturated heterocycles. The molecule has 2 fully saturated rings. The van der Waals surface area contributed by atoms with Crippen molar-refractivity contribution in [3.05, 3.63) is 52.0 Å². The molecule has 1 amide bonds. The Morgan fingerprint density at radius 2 is 1.95 bits per heavy atom. The number of amides is 1. The predicted octanol–water partition coefficient (Wildman–Crippen LogP) is 5.81. The third-order valence-corrected chi connectivity index (χ3v) is 10.1. The van der Waals surface area contributed by atoms with Gasteiger partial charge in [0, 0.05) is 16.7 Å². The maximum Gasteiger partial charge on any atom is 0.277 e. The minimum atomic E-state index is -3.29. The Morgan fingerprint density at radius 3 is 2.66 bits per heavy atom. The molecule has 2 aliphatic carbocycles. The number of anilines is 2. The lowest BCUT2D eigenvalue weighted by Gasteiger charge is -2.21. The summed E-state index contributed by atoms with van der Waals surface area (Å²) < 4.78 is 44.3. The summed E-state index contributed by atoms with van der Waals surface area (Å²) in [6.45, 7) is 2.41. The summed E-state index contributed by atoms with van der Waals surface area (Å²) in [5, 5.41) is 2.75. The molecule has 2 aliphatic rings. The van der Waals surface area contributed by atoms with Crippen LogP contribution in [0.15, 0.2) is 35.1 Å². The van der Waals surface area contributed by atoms with Crippen molar-refractivity contribution in [2.24, 2.45) is 5.92 Å². The van der Waals surface area contributed by atoms with E-state index in [1.807, 2.05) is 19.1 Å². The Morgan fingerprint density at radius 1 is 1.18 bits per heavy atom. The van der Waals surface area contributed by atoms with E-state index in [4.69, 9.17) is 4.84 Å². The summed E-state index contributed by atoms with van der Waals surface area (Å²) in [4.78, 5) is 22.8. The lowest BCUT2D eigenvalue weighted by Crippen LogP contribution is -2.28. The number of rotatable bonds is 10. The molecule has 0 aliphatic heterocycles. The Hall–Kier alpha value is -2.50. The van der Waals surface area contributed by atoms with E-state index in [2.05, 4.69) is 31.7 Å². The first-order chi connectivity index (χ1) is 18.2. The number of benzene rings is 2. The average molecular weight is 608 g/mol. The van der Waals surface area contributed by atoms with Gasteiger partial charge in [-0.1, -0.05) is 35.2 Å². The summed E-state index contributed by atoms with van der Waals surface area (Å²) >= 11 is 3.43. The zero-order chi connectivity index (χ0) is 26.9. The predicted molar refractivity (Wildman–Crippen MR) is 149 cm³/mol. The molecular weight excluding hydrogens is 575 g/mol. The first-order valence-corrected chi connectivity index (χ1v) is 15.6. The van der Waals surface area contributed by atoms with Gasteiger partial charge in [-0.3, -0.25) is 9.63 Å². The number of imidazole rings is 1. The van der Waals surface area contributed by atoms with Gasteiger partial charge < -0.3 is 9.88 Å². The fraction of sp³-hybridized carbons (Fsp3) is 0.481. The highest BCUT2D eigenvalue weighted by atomic mass is 79.9. The lowest BCUT2D eigenvalue weighted by molar-refractivity contribution is 0.0271. The number of hydroxylamine groups is 1. The molecule has 0 unspecified atom stereocenters. The Bertz CT molecular complexity index is 1450. The number of nitrogens with one attached hydrogen (secondary N) is 2. The van der Waals surface area contributed by atoms with Crippen molar-refractivity contribution in [2.75, 3.05) is 17.7 Å². The van der Waals surface area contributed by atoms with Crippen LogP contribution >= 0.6 is 15.9 Å². The van der Waals surface area contributed by atoms with Crippen LogP contribution in [0, 0.1) is 18.7 Å². The lowest BCUT2D eigenvalue weighted by atomic mass is 10.0. The van der Waals surface area contributed by atoms with Crippen LogP contribution < -0.4 is 10.8 Å². The maximum absolute atomic E-state index is 15.9. The van der Waals surface area contributed by atoms with Gasteiger partial charge in [-0.2, -0.15) is 0 Å². The van der Waals surface area contributed by atoms with E-state index in [-0.39, 0.29) is 34.3 Å². The molecule has 2 N–H and O–H groups in total. The van der Waals surface area contributed by atoms with Crippen LogP contribution in [-0.2, 0) is 21.2 Å². The summed E-state index contributed by atoms with van der Waals surface area (Å²) in [5.74, 6) is -0.906. The second kappa shape index (κ2) is 11.3. The minimum Gasteiger partial charge on any atom is -0.352 e. The largest absolute Gasteiger partial charge is 0.352 e. The van der Waals surface area contributed by atoms with Gasteiger partial charge in [-0.05, 0) is 68.4 Å². The Labute approximate surface area is 230 Å². The SMILES string of the molecule is Cc1cc(Br)ccc1Nc1c(C(=O)NOCC2CC2)cc2c(ncn2CCS(=O)(=O)C2CCCCC2)c1F. The number of carbonyl (C=O) groups excluding carboxylic acids is 1. The van der Waals surface area contributed by atoms with Crippen LogP contribution in [0.2, 0.25) is 0 Å². The molecule has 0 radical (unpaired) electrons. The van der Waals surface area contributed by atoms with Gasteiger partial charge in [0.05, 0.1) is 40.7 Å². The number of aryl methyl sites for hydroxylation is 2. The van der Waals surface area contributed by atoms with Crippen molar-refractivity contribution < 1.29 is 22.4 Å². The van der Waals surface area contributed by atoms with Gasteiger partial charge in [-0.25, -0.2) is 23.3 Å². The smallest absolute Gasteiger partial charge is 0.277 e. The number of fused-ring (bicyclic) bond motifs is 1. The van der Waals surface area contributed by atoms with Crippen LogP contribution in [0.1, 0.15) is 60.9 Å². The zero-order valence-electron chi connectivity index (χ0n) is 21.3. The highest BCUT2D eigenvalue weighted by molar-refractivity contribution is 9.10. The highest BCUT2D eigenvalue weighted by Gasteiger charge is 2.28. The minimum absolute atomic E-state index is 0.0180. The van der Waals surface area contributed by atoms with Crippen LogP contribution in [-0.4, -0.2) is 41.5 Å². The normalized spacial score (nSPS) is 16.6. The van der Waals surface area contributed by atoms with Gasteiger partial charge in [0.25, 0.3) is 5.91 Å². The quantitative estimate of drug-likeness (QED) is 0.282. The third-order valence-electron chi connectivity index (χ3n) is 7.41. The van der Waals surface area contributed by atoms with E-state index in [0.29, 0.717) is 36.6 Å². The fourth-order valence-electron chi connectivity index (χ4n) is 4.92. The monoisotopic (exact) mass is 606 g/mol. The summed E-state index contributed by atoms with van der Waals surface area (Å²) in [6, 6.07) is 7.05. The standard InChI is InChI=1S/C27H32BrFN4O4S/c1-17-13-19(28)9-10-22(17)31-25-21(27(34)32-37-15-18-7-8-18)14-23-26(24(25)29)30-16-33(23)11-12-38(35,36)20-5-3-2-4-6-20/h9-10,13-14,16,18,20,31H,2-8,11-12,15H2,1H3,(H,32,34). The van der Waals surface area contributed by atoms with Gasteiger partial charge in [0.1, 0.15) is 5.52 Å². The topological polar surface area (TPSA) is 102 Å². The number of hydrogen-bond acceptors (Lipinski definition) is 6. The van der Waals surface area contributed by atoms with Crippen molar-refractivity contribution in [2.45, 2.75) is 63.7 Å². The van der Waals surface area contributed by atoms with Crippen LogP contribution in [0.25, 0.3) is 11.0 Å². The van der Waals surface area contributed by atoms with E-state index in [9.17, 15) is 13.2 Å². The molecule has 0 atom stereocenters. The molecule has 1 aromatic heterocycles. The fourth-order valence-corrected chi connectivity index (χ4v) is 7.23. The van der Waals surface area contributed by atoms with Crippen molar-refractivity contribution in [1.82, 2.24) is 15.0 Å². The van der Waals surface area contributed by atoms with Gasteiger partial charge in [0.2, 0.25) is 0 Å². The molecule has 2 aromatic carbocycles. The molecule has 38 heavy (non-hydrogen) atoms. The van der Waals surface area contributed by atoms with Crippen LogP contribution in [0.5, 0.6) is 0 Å². The van der Waals surface area contributed by atoms with E-state index in [0.717, 1.165) is 42.1 Å². The van der Waals surface area contributed by atoms with Gasteiger partial charge in [0.15, 0.2) is 15.7 Å². The van der Waals surface area contributed by atoms with E-state index in [1.165, 1.54) is 6.33 Å². The molecule has 1 heterocycles. The summed E-state index contributed by atoms with van der Waals surface area (Å²) in [6.07, 6.45) is 7.88. The Balaban J connectivity index is 1.46. The molecule has 2 saturated carbocycles. The van der Waals surface area contributed by atoms with Gasteiger partial charge in [-0.15, -0.1) is 0 Å². The maximum atomic E-state index is 15.9. The number of sulfone groups is 1. The molecule has 5 rings (SSSR count). The number of hydrogen-bond donors (Lipinski definition) is 2. The average Bonchev–Trinajstić information content (AvgIpc) is 3.63. The van der Waals surface area contributed by atoms with E-state index < -0.39 is 21.6 Å². The second-order valence-corrected chi connectivity index (χ2v) is 13.6. The van der Waals surface area contributed by atoms with Crippen LogP contribution in [0.3, 0.4) is 0 Å². The first-order valence-electron chi connectivity index (χ1n) is 13.1. The van der Waals surface area contributed by atoms with Crippen molar-refractivity contribution in [3.8, 4) is 0 Å². The molecule has 8 nitrogen and oxygen atoms in total. The van der Waals surface area contributed by atoms with Crippen molar-refractivity contribution >= 4 is 54.1 Å². The molecule has 204 valence electrons. The molecular formula is C27H32BrFN4O4S. The number of aromatic nitrogens is 2. The summed E-state index contributed by atoms with van der Waals surface area (Å²) in [5.41, 5.74) is 4.38. The number of nitrogens with zero attached hydrogens (tertiary/aromatic N) is 2. The molecule has 0 spiro atoms. The molecule has 11 heteroatoms. The summed E-state index contributed by atoms with van der Waals surface area (Å²) in [7, 11) is -3.29. The zero-order valence-corrected chi connectivity index (χ0v) is 23.7. The number of halogens is 2. The molecule has 3 aromatic rings. The Kier molecular flexibility index (Phi) is 8.06. The highest BCUT2D eigenvalue weighted by Crippen LogP contribution is 2.33. The number of carbonyl (C=O) groups is 1. The van der Waals surface area contributed by atoms with Crippen molar-refractivity contribution in [1.29, 1.82) is 0 Å². The van der Waals surface area contributed by atoms with E-state index >= 15 is 4.39 Å². The van der Waals surface area contributed by atoms with Gasteiger partial charge >= 0.3 is 0 Å². The third kappa shape index (κ3) is 6.05. The van der Waals surface area contributed by atoms with Crippen molar-refractivity contribution in [3.63, 3.8) is 0 Å².